The molecule has 3 aromatic rings. The van der Waals surface area contributed by atoms with E-state index in [-0.39, 0.29) is 11.7 Å². The number of H-pyrrole nitrogens is 1. The normalized spacial score (nSPS) is 17.6. The van der Waals surface area contributed by atoms with Crippen molar-refractivity contribution in [3.05, 3.63) is 70.4 Å². The zero-order valence-corrected chi connectivity index (χ0v) is 11.4. The standard InChI is InChI=1S/C17H12ClNO/c18-14-6-3-7-15-17(14)13(9-19-15)12-8-16(20)11-5-2-1-4-10(11)12/h1-7,9,12,19H,8H2. The number of halogens is 1. The number of aromatic amines is 1. The van der Waals surface area contributed by atoms with Gasteiger partial charge in [0.2, 0.25) is 0 Å². The number of carbonyl (C=O) groups is 1. The van der Waals surface area contributed by atoms with E-state index >= 15 is 0 Å². The molecule has 0 saturated heterocycles. The van der Waals surface area contributed by atoms with Gasteiger partial charge in [0, 0.05) is 35.0 Å². The Balaban J connectivity index is 1.96. The Morgan fingerprint density at radius 1 is 1.05 bits per heavy atom. The Kier molecular flexibility index (Phi) is 2.48. The number of aromatic nitrogens is 1. The molecule has 1 aliphatic rings. The molecule has 20 heavy (non-hydrogen) atoms. The van der Waals surface area contributed by atoms with Crippen LogP contribution in [0.1, 0.15) is 33.8 Å². The molecule has 1 N–H and O–H groups in total. The van der Waals surface area contributed by atoms with Crippen molar-refractivity contribution >= 4 is 28.3 Å². The Morgan fingerprint density at radius 3 is 2.80 bits per heavy atom. The summed E-state index contributed by atoms with van der Waals surface area (Å²) in [6.45, 7) is 0. The summed E-state index contributed by atoms with van der Waals surface area (Å²) in [5.41, 5.74) is 4.09. The Hall–Kier alpha value is -2.06. The molecule has 4 rings (SSSR count). The zero-order valence-electron chi connectivity index (χ0n) is 10.7. The first kappa shape index (κ1) is 11.7. The molecule has 3 heteroatoms. The summed E-state index contributed by atoms with van der Waals surface area (Å²) < 4.78 is 0. The van der Waals surface area contributed by atoms with E-state index in [0.717, 1.165) is 32.6 Å². The van der Waals surface area contributed by atoms with Crippen LogP contribution < -0.4 is 0 Å². The molecule has 0 aliphatic heterocycles. The van der Waals surface area contributed by atoms with Crippen molar-refractivity contribution in [3.8, 4) is 0 Å². The smallest absolute Gasteiger partial charge is 0.164 e. The highest BCUT2D eigenvalue weighted by Crippen LogP contribution is 2.42. The number of nitrogens with one attached hydrogen (secondary N) is 1. The SMILES string of the molecule is O=C1CC(c2c[nH]c3cccc(Cl)c23)c2ccccc21. The average Bonchev–Trinajstić information content (AvgIpc) is 3.02. The second kappa shape index (κ2) is 4.22. The van der Waals surface area contributed by atoms with Gasteiger partial charge in [-0.15, -0.1) is 0 Å². The van der Waals surface area contributed by atoms with E-state index in [4.69, 9.17) is 11.6 Å². The first-order valence-electron chi connectivity index (χ1n) is 6.63. The summed E-state index contributed by atoms with van der Waals surface area (Å²) in [5, 5.41) is 1.76. The highest BCUT2D eigenvalue weighted by atomic mass is 35.5. The largest absolute Gasteiger partial charge is 0.361 e. The lowest BCUT2D eigenvalue weighted by Crippen LogP contribution is -1.95. The summed E-state index contributed by atoms with van der Waals surface area (Å²) in [6.07, 6.45) is 2.51. The molecule has 1 atom stereocenters. The second-order valence-electron chi connectivity index (χ2n) is 5.17. The van der Waals surface area contributed by atoms with Gasteiger partial charge < -0.3 is 4.98 Å². The Bertz CT molecular complexity index is 834. The van der Waals surface area contributed by atoms with Gasteiger partial charge in [0.25, 0.3) is 0 Å². The Labute approximate surface area is 121 Å². The molecule has 1 heterocycles. The molecule has 2 aromatic carbocycles. The molecular formula is C17H12ClNO. The van der Waals surface area contributed by atoms with E-state index in [1.165, 1.54) is 0 Å². The van der Waals surface area contributed by atoms with Crippen LogP contribution in [0.5, 0.6) is 0 Å². The van der Waals surface area contributed by atoms with Crippen molar-refractivity contribution in [2.24, 2.45) is 0 Å². The molecule has 98 valence electrons. The number of Topliss-reactive ketones (excluding diaryl/α,β-unsaturated/α-hetero) is 1. The number of fused-ring (bicyclic) bond motifs is 2. The van der Waals surface area contributed by atoms with Crippen molar-refractivity contribution in [3.63, 3.8) is 0 Å². The first-order chi connectivity index (χ1) is 9.75. The molecule has 0 fully saturated rings. The number of hydrogen-bond donors (Lipinski definition) is 1. The van der Waals surface area contributed by atoms with Crippen LogP contribution in [0.3, 0.4) is 0 Å². The molecule has 1 aliphatic carbocycles. The summed E-state index contributed by atoms with van der Waals surface area (Å²) in [4.78, 5) is 15.4. The van der Waals surface area contributed by atoms with Gasteiger partial charge in [-0.05, 0) is 23.3 Å². The number of rotatable bonds is 1. The predicted octanol–water partition coefficient (Wildman–Crippen LogP) is 4.54. The Morgan fingerprint density at radius 2 is 1.90 bits per heavy atom. The van der Waals surface area contributed by atoms with Crippen LogP contribution in [0.25, 0.3) is 10.9 Å². The number of ketones is 1. The molecule has 2 nitrogen and oxygen atoms in total. The molecule has 1 aromatic heterocycles. The topological polar surface area (TPSA) is 32.9 Å². The van der Waals surface area contributed by atoms with Crippen molar-refractivity contribution in [2.75, 3.05) is 0 Å². The minimum absolute atomic E-state index is 0.104. The minimum Gasteiger partial charge on any atom is -0.361 e. The number of benzene rings is 2. The van der Waals surface area contributed by atoms with Crippen LogP contribution in [-0.2, 0) is 0 Å². The molecule has 1 unspecified atom stereocenters. The summed E-state index contributed by atoms with van der Waals surface area (Å²) in [6, 6.07) is 13.7. The van der Waals surface area contributed by atoms with Crippen molar-refractivity contribution in [2.45, 2.75) is 12.3 Å². The highest BCUT2D eigenvalue weighted by Gasteiger charge is 2.31. The third-order valence-electron chi connectivity index (χ3n) is 4.09. The van der Waals surface area contributed by atoms with Crippen LogP contribution in [0.15, 0.2) is 48.7 Å². The van der Waals surface area contributed by atoms with E-state index < -0.39 is 0 Å². The maximum absolute atomic E-state index is 12.1. The maximum Gasteiger partial charge on any atom is 0.164 e. The number of carbonyl (C=O) groups excluding carboxylic acids is 1. The van der Waals surface area contributed by atoms with E-state index in [1.807, 2.05) is 48.7 Å². The lowest BCUT2D eigenvalue weighted by Gasteiger charge is -2.10. The minimum atomic E-state index is 0.104. The fraction of sp³-hybridized carbons (Fsp3) is 0.118. The van der Waals surface area contributed by atoms with E-state index in [2.05, 4.69) is 4.98 Å². The van der Waals surface area contributed by atoms with Gasteiger partial charge in [-0.1, -0.05) is 41.9 Å². The van der Waals surface area contributed by atoms with Crippen LogP contribution in [-0.4, -0.2) is 10.8 Å². The van der Waals surface area contributed by atoms with Crippen molar-refractivity contribution in [1.82, 2.24) is 4.98 Å². The average molecular weight is 282 g/mol. The van der Waals surface area contributed by atoms with E-state index in [9.17, 15) is 4.79 Å². The van der Waals surface area contributed by atoms with Gasteiger partial charge in [-0.25, -0.2) is 0 Å². The van der Waals surface area contributed by atoms with Gasteiger partial charge in [0.15, 0.2) is 5.78 Å². The third-order valence-corrected chi connectivity index (χ3v) is 4.40. The molecule has 0 radical (unpaired) electrons. The summed E-state index contributed by atoms with van der Waals surface area (Å²) in [7, 11) is 0. The van der Waals surface area contributed by atoms with Gasteiger partial charge >= 0.3 is 0 Å². The van der Waals surface area contributed by atoms with Crippen molar-refractivity contribution in [1.29, 1.82) is 0 Å². The van der Waals surface area contributed by atoms with Gasteiger partial charge in [-0.3, -0.25) is 4.79 Å². The van der Waals surface area contributed by atoms with E-state index in [0.29, 0.717) is 6.42 Å². The van der Waals surface area contributed by atoms with E-state index in [1.54, 1.807) is 0 Å². The fourth-order valence-corrected chi connectivity index (χ4v) is 3.46. The van der Waals surface area contributed by atoms with Crippen LogP contribution in [0.2, 0.25) is 5.02 Å². The van der Waals surface area contributed by atoms with Gasteiger partial charge in [0.05, 0.1) is 5.02 Å². The molecule has 0 bridgehead atoms. The van der Waals surface area contributed by atoms with Crippen molar-refractivity contribution < 1.29 is 4.79 Å². The zero-order chi connectivity index (χ0) is 13.7. The molecule has 0 amide bonds. The van der Waals surface area contributed by atoms with Crippen LogP contribution in [0, 0.1) is 0 Å². The van der Waals surface area contributed by atoms with Gasteiger partial charge in [-0.2, -0.15) is 0 Å². The third kappa shape index (κ3) is 1.55. The summed E-state index contributed by atoms with van der Waals surface area (Å²) in [5.74, 6) is 0.319. The molecular weight excluding hydrogens is 270 g/mol. The second-order valence-corrected chi connectivity index (χ2v) is 5.58. The summed E-state index contributed by atoms with van der Waals surface area (Å²) >= 11 is 6.34. The molecule has 0 saturated carbocycles. The fourth-order valence-electron chi connectivity index (χ4n) is 3.18. The molecule has 0 spiro atoms. The lowest BCUT2D eigenvalue weighted by atomic mass is 9.93. The maximum atomic E-state index is 12.1. The monoisotopic (exact) mass is 281 g/mol. The highest BCUT2D eigenvalue weighted by molar-refractivity contribution is 6.35. The van der Waals surface area contributed by atoms with Crippen LogP contribution >= 0.6 is 11.6 Å². The quantitative estimate of drug-likeness (QED) is 0.698. The lowest BCUT2D eigenvalue weighted by molar-refractivity contribution is 0.0991. The number of hydrogen-bond acceptors (Lipinski definition) is 1. The van der Waals surface area contributed by atoms with Gasteiger partial charge in [0.1, 0.15) is 0 Å². The predicted molar refractivity (Wildman–Crippen MR) is 80.5 cm³/mol. The first-order valence-corrected chi connectivity index (χ1v) is 7.01. The van der Waals surface area contributed by atoms with Crippen LogP contribution in [0.4, 0.5) is 0 Å².